The van der Waals surface area contributed by atoms with Gasteiger partial charge >= 0.3 is 0 Å². The molecule has 0 aromatic heterocycles. The molecule has 0 spiro atoms. The monoisotopic (exact) mass is 315 g/mol. The Kier molecular flexibility index (Phi) is 7.53. The molecule has 0 aliphatic heterocycles. The van der Waals surface area contributed by atoms with Gasteiger partial charge in [-0.1, -0.05) is 19.8 Å². The van der Waals surface area contributed by atoms with Crippen molar-refractivity contribution in [1.29, 1.82) is 0 Å². The summed E-state index contributed by atoms with van der Waals surface area (Å²) in [6.07, 6.45) is 2.90. The minimum absolute atomic E-state index is 0.200. The van der Waals surface area contributed by atoms with Gasteiger partial charge in [-0.3, -0.25) is 0 Å². The van der Waals surface area contributed by atoms with E-state index in [1.54, 1.807) is 6.07 Å². The highest BCUT2D eigenvalue weighted by molar-refractivity contribution is 7.89. The van der Waals surface area contributed by atoms with Gasteiger partial charge in [0.05, 0.1) is 18.1 Å². The molecule has 0 aliphatic rings. The lowest BCUT2D eigenvalue weighted by Gasteiger charge is -2.13. The van der Waals surface area contributed by atoms with Gasteiger partial charge in [-0.25, -0.2) is 13.1 Å². The van der Waals surface area contributed by atoms with E-state index < -0.39 is 10.0 Å². The van der Waals surface area contributed by atoms with Crippen molar-refractivity contribution in [1.82, 2.24) is 4.72 Å². The fourth-order valence-electron chi connectivity index (χ4n) is 1.86. The quantitative estimate of drug-likeness (QED) is 0.674. The molecule has 1 aromatic carbocycles. The maximum atomic E-state index is 12.2. The summed E-state index contributed by atoms with van der Waals surface area (Å²) >= 11 is 0. The molecule has 0 saturated carbocycles. The zero-order chi connectivity index (χ0) is 15.7. The molecule has 0 fully saturated rings. The molecule has 0 heterocycles. The van der Waals surface area contributed by atoms with Crippen LogP contribution in [0.25, 0.3) is 0 Å². The molecule has 0 amide bonds. The van der Waals surface area contributed by atoms with Gasteiger partial charge in [0.15, 0.2) is 11.5 Å². The number of unbranched alkanes of at least 4 members (excludes halogenated alkanes) is 2. The first-order valence-electron chi connectivity index (χ1n) is 7.44. The van der Waals surface area contributed by atoms with Crippen LogP contribution in [-0.4, -0.2) is 28.2 Å². The minimum atomic E-state index is -3.50. The highest BCUT2D eigenvalue weighted by Crippen LogP contribution is 2.30. The second kappa shape index (κ2) is 8.89. The minimum Gasteiger partial charge on any atom is -0.490 e. The topological polar surface area (TPSA) is 64.6 Å². The molecule has 0 radical (unpaired) electrons. The smallest absolute Gasteiger partial charge is 0.240 e. The molecule has 5 nitrogen and oxygen atoms in total. The number of rotatable bonds is 10. The summed E-state index contributed by atoms with van der Waals surface area (Å²) < 4.78 is 37.9. The number of hydrogen-bond acceptors (Lipinski definition) is 4. The number of ether oxygens (including phenoxy) is 2. The van der Waals surface area contributed by atoms with Crippen molar-refractivity contribution in [3.63, 3.8) is 0 Å². The Bertz CT molecular complexity index is 528. The van der Waals surface area contributed by atoms with E-state index in [0.29, 0.717) is 31.3 Å². The highest BCUT2D eigenvalue weighted by atomic mass is 32.2. The van der Waals surface area contributed by atoms with Gasteiger partial charge < -0.3 is 9.47 Å². The molecular weight excluding hydrogens is 290 g/mol. The maximum Gasteiger partial charge on any atom is 0.240 e. The van der Waals surface area contributed by atoms with Gasteiger partial charge in [0.1, 0.15) is 0 Å². The van der Waals surface area contributed by atoms with Crippen LogP contribution < -0.4 is 14.2 Å². The van der Waals surface area contributed by atoms with Gasteiger partial charge in [-0.2, -0.15) is 0 Å². The van der Waals surface area contributed by atoms with Gasteiger partial charge in [-0.15, -0.1) is 0 Å². The maximum absolute atomic E-state index is 12.2. The highest BCUT2D eigenvalue weighted by Gasteiger charge is 2.16. The predicted octanol–water partition coefficient (Wildman–Crippen LogP) is 2.95. The van der Waals surface area contributed by atoms with Crippen LogP contribution in [0.5, 0.6) is 11.5 Å². The third kappa shape index (κ3) is 5.55. The van der Waals surface area contributed by atoms with Crippen LogP contribution in [0.1, 0.15) is 40.0 Å². The molecule has 0 saturated heterocycles. The van der Waals surface area contributed by atoms with Crippen LogP contribution in [0.2, 0.25) is 0 Å². The van der Waals surface area contributed by atoms with Crippen molar-refractivity contribution in [2.24, 2.45) is 0 Å². The van der Waals surface area contributed by atoms with E-state index in [4.69, 9.17) is 9.47 Å². The SMILES string of the molecule is CCCCCNS(=O)(=O)c1ccc(OCC)c(OCC)c1. The van der Waals surface area contributed by atoms with Crippen molar-refractivity contribution in [3.8, 4) is 11.5 Å². The lowest BCUT2D eigenvalue weighted by atomic mass is 10.3. The number of nitrogens with one attached hydrogen (secondary N) is 1. The van der Waals surface area contributed by atoms with E-state index in [2.05, 4.69) is 11.6 Å². The van der Waals surface area contributed by atoms with Crippen LogP contribution >= 0.6 is 0 Å². The summed E-state index contributed by atoms with van der Waals surface area (Å²) in [6.45, 7) is 7.20. The van der Waals surface area contributed by atoms with Gasteiger partial charge in [0.2, 0.25) is 10.0 Å². The van der Waals surface area contributed by atoms with E-state index in [9.17, 15) is 8.42 Å². The molecule has 21 heavy (non-hydrogen) atoms. The van der Waals surface area contributed by atoms with E-state index in [1.165, 1.54) is 12.1 Å². The van der Waals surface area contributed by atoms with Gasteiger partial charge in [-0.05, 0) is 32.4 Å². The molecule has 1 aromatic rings. The second-order valence-electron chi connectivity index (χ2n) is 4.58. The molecule has 6 heteroatoms. The molecule has 0 bridgehead atoms. The summed E-state index contributed by atoms with van der Waals surface area (Å²) in [5.74, 6) is 1.01. The van der Waals surface area contributed by atoms with Crippen LogP contribution in [0.15, 0.2) is 23.1 Å². The first-order valence-corrected chi connectivity index (χ1v) is 8.92. The standard InChI is InChI=1S/C15H25NO4S/c1-4-7-8-11-16-21(17,18)13-9-10-14(19-5-2)15(12-13)20-6-3/h9-10,12,16H,4-8,11H2,1-3H3. The largest absolute Gasteiger partial charge is 0.490 e. The Morgan fingerprint density at radius 1 is 1.00 bits per heavy atom. The van der Waals surface area contributed by atoms with Gasteiger partial charge in [0, 0.05) is 12.6 Å². The second-order valence-corrected chi connectivity index (χ2v) is 6.35. The summed E-state index contributed by atoms with van der Waals surface area (Å²) in [6, 6.07) is 4.68. The molecule has 0 unspecified atom stereocenters. The van der Waals surface area contributed by atoms with Crippen molar-refractivity contribution in [2.75, 3.05) is 19.8 Å². The van der Waals surface area contributed by atoms with Crippen molar-refractivity contribution in [2.45, 2.75) is 44.9 Å². The van der Waals surface area contributed by atoms with Crippen LogP contribution in [-0.2, 0) is 10.0 Å². The number of benzene rings is 1. The van der Waals surface area contributed by atoms with E-state index >= 15 is 0 Å². The predicted molar refractivity (Wildman–Crippen MR) is 83.5 cm³/mol. The van der Waals surface area contributed by atoms with Crippen LogP contribution in [0, 0.1) is 0 Å². The first-order chi connectivity index (χ1) is 10.0. The zero-order valence-corrected chi connectivity index (χ0v) is 13.8. The lowest BCUT2D eigenvalue weighted by Crippen LogP contribution is -2.24. The molecule has 120 valence electrons. The van der Waals surface area contributed by atoms with Crippen molar-refractivity contribution < 1.29 is 17.9 Å². The third-order valence-electron chi connectivity index (χ3n) is 2.90. The van der Waals surface area contributed by atoms with E-state index in [-0.39, 0.29) is 4.90 Å². The molecule has 0 aliphatic carbocycles. The Morgan fingerprint density at radius 2 is 1.67 bits per heavy atom. The Labute approximate surface area is 127 Å². The normalized spacial score (nSPS) is 11.4. The average molecular weight is 315 g/mol. The van der Waals surface area contributed by atoms with E-state index in [1.807, 2.05) is 13.8 Å². The third-order valence-corrected chi connectivity index (χ3v) is 4.36. The summed E-state index contributed by atoms with van der Waals surface area (Å²) in [4.78, 5) is 0.200. The van der Waals surface area contributed by atoms with Gasteiger partial charge in [0.25, 0.3) is 0 Å². The summed E-state index contributed by atoms with van der Waals surface area (Å²) in [5.41, 5.74) is 0. The van der Waals surface area contributed by atoms with Crippen molar-refractivity contribution >= 4 is 10.0 Å². The Balaban J connectivity index is 2.88. The Hall–Kier alpha value is -1.27. The Morgan fingerprint density at radius 3 is 2.29 bits per heavy atom. The number of sulfonamides is 1. The van der Waals surface area contributed by atoms with Crippen LogP contribution in [0.4, 0.5) is 0 Å². The molecular formula is C15H25NO4S. The molecule has 1 rings (SSSR count). The summed E-state index contributed by atoms with van der Waals surface area (Å²) in [5, 5.41) is 0. The summed E-state index contributed by atoms with van der Waals surface area (Å²) in [7, 11) is -3.50. The van der Waals surface area contributed by atoms with Crippen LogP contribution in [0.3, 0.4) is 0 Å². The zero-order valence-electron chi connectivity index (χ0n) is 13.0. The van der Waals surface area contributed by atoms with Crippen molar-refractivity contribution in [3.05, 3.63) is 18.2 Å². The molecule has 0 atom stereocenters. The average Bonchev–Trinajstić information content (AvgIpc) is 2.46. The lowest BCUT2D eigenvalue weighted by molar-refractivity contribution is 0.287. The first kappa shape index (κ1) is 17.8. The van der Waals surface area contributed by atoms with E-state index in [0.717, 1.165) is 19.3 Å². The molecule has 1 N–H and O–H groups in total. The fourth-order valence-corrected chi connectivity index (χ4v) is 2.95. The number of hydrogen-bond donors (Lipinski definition) is 1. The fraction of sp³-hybridized carbons (Fsp3) is 0.600.